The van der Waals surface area contributed by atoms with Gasteiger partial charge in [-0.1, -0.05) is 6.92 Å². The van der Waals surface area contributed by atoms with E-state index >= 15 is 0 Å². The Morgan fingerprint density at radius 2 is 2.12 bits per heavy atom. The van der Waals surface area contributed by atoms with Gasteiger partial charge in [0.1, 0.15) is 0 Å². The summed E-state index contributed by atoms with van der Waals surface area (Å²) in [5.74, 6) is 1.78. The van der Waals surface area contributed by atoms with Crippen LogP contribution in [-0.2, 0) is 4.74 Å². The van der Waals surface area contributed by atoms with E-state index in [1.165, 1.54) is 38.9 Å². The number of nitrogens with one attached hydrogen (secondary N) is 1. The van der Waals surface area contributed by atoms with Gasteiger partial charge in [0.05, 0.1) is 6.61 Å². The zero-order valence-electron chi connectivity index (χ0n) is 10.6. The third-order valence-electron chi connectivity index (χ3n) is 3.72. The molecule has 0 aromatic rings. The van der Waals surface area contributed by atoms with Crippen molar-refractivity contribution < 1.29 is 4.74 Å². The molecule has 1 atom stereocenters. The second-order valence-corrected chi connectivity index (χ2v) is 5.27. The Labute approximate surface area is 99.5 Å². The fraction of sp³-hybridized carbons (Fsp3) is 1.00. The van der Waals surface area contributed by atoms with Gasteiger partial charge in [0.2, 0.25) is 0 Å². The maximum atomic E-state index is 5.37. The van der Waals surface area contributed by atoms with Crippen LogP contribution in [0.15, 0.2) is 0 Å². The minimum Gasteiger partial charge on any atom is -0.381 e. The number of nitrogens with zero attached hydrogens (tertiary/aromatic N) is 1. The van der Waals surface area contributed by atoms with Gasteiger partial charge < -0.3 is 15.0 Å². The summed E-state index contributed by atoms with van der Waals surface area (Å²) in [5, 5.41) is 3.56. The number of hydrogen-bond acceptors (Lipinski definition) is 3. The van der Waals surface area contributed by atoms with E-state index in [-0.39, 0.29) is 0 Å². The summed E-state index contributed by atoms with van der Waals surface area (Å²) in [5.41, 5.74) is 0. The zero-order valence-corrected chi connectivity index (χ0v) is 10.6. The number of hydrogen-bond donors (Lipinski definition) is 1. The van der Waals surface area contributed by atoms with Gasteiger partial charge in [-0.05, 0) is 37.6 Å². The van der Waals surface area contributed by atoms with Crippen LogP contribution in [0.3, 0.4) is 0 Å². The topological polar surface area (TPSA) is 24.5 Å². The summed E-state index contributed by atoms with van der Waals surface area (Å²) in [6.45, 7) is 10.2. The molecule has 16 heavy (non-hydrogen) atoms. The van der Waals surface area contributed by atoms with Crippen LogP contribution in [0.5, 0.6) is 0 Å². The highest BCUT2D eigenvalue weighted by Crippen LogP contribution is 2.29. The van der Waals surface area contributed by atoms with E-state index in [1.807, 2.05) is 0 Å². The van der Waals surface area contributed by atoms with Gasteiger partial charge in [-0.25, -0.2) is 0 Å². The quantitative estimate of drug-likeness (QED) is 0.632. The fourth-order valence-electron chi connectivity index (χ4n) is 2.33. The third kappa shape index (κ3) is 4.40. The first-order valence-corrected chi connectivity index (χ1v) is 6.89. The first kappa shape index (κ1) is 12.3. The zero-order chi connectivity index (χ0) is 11.2. The number of likely N-dealkylation sites (N-methyl/N-ethyl adjacent to an activating group) is 1. The lowest BCUT2D eigenvalue weighted by Crippen LogP contribution is -2.35. The van der Waals surface area contributed by atoms with Crippen molar-refractivity contribution in [3.63, 3.8) is 0 Å². The minimum atomic E-state index is 0.763. The van der Waals surface area contributed by atoms with Crippen molar-refractivity contribution in [1.82, 2.24) is 10.2 Å². The van der Waals surface area contributed by atoms with Crippen LogP contribution >= 0.6 is 0 Å². The molecule has 1 heterocycles. The van der Waals surface area contributed by atoms with E-state index < -0.39 is 0 Å². The van der Waals surface area contributed by atoms with Gasteiger partial charge in [0.15, 0.2) is 0 Å². The van der Waals surface area contributed by atoms with Gasteiger partial charge >= 0.3 is 0 Å². The first-order chi connectivity index (χ1) is 7.88. The molecule has 1 N–H and O–H groups in total. The summed E-state index contributed by atoms with van der Waals surface area (Å²) in [6.07, 6.45) is 4.17. The molecule has 3 nitrogen and oxygen atoms in total. The molecular weight excluding hydrogens is 200 g/mol. The molecular formula is C13H26N2O. The maximum absolute atomic E-state index is 5.37. The molecule has 1 aliphatic heterocycles. The monoisotopic (exact) mass is 226 g/mol. The Bertz CT molecular complexity index is 188. The number of rotatable bonds is 8. The molecule has 0 amide bonds. The molecule has 3 heteroatoms. The summed E-state index contributed by atoms with van der Waals surface area (Å²) in [6, 6.07) is 0. The molecule has 0 spiro atoms. The lowest BCUT2D eigenvalue weighted by Gasteiger charge is -2.20. The average molecular weight is 226 g/mol. The standard InChI is InChI=1S/C13H26N2O/c1-2-15(10-12-3-4-12)7-6-14-9-13-5-8-16-11-13/h12-14H,2-11H2,1H3. The van der Waals surface area contributed by atoms with E-state index in [4.69, 9.17) is 4.74 Å². The van der Waals surface area contributed by atoms with Crippen molar-refractivity contribution in [2.24, 2.45) is 11.8 Å². The molecule has 0 bridgehead atoms. The fourth-order valence-corrected chi connectivity index (χ4v) is 2.33. The van der Waals surface area contributed by atoms with Crippen molar-refractivity contribution in [3.8, 4) is 0 Å². The van der Waals surface area contributed by atoms with Crippen molar-refractivity contribution in [2.45, 2.75) is 26.2 Å². The van der Waals surface area contributed by atoms with Crippen LogP contribution in [-0.4, -0.2) is 50.8 Å². The molecule has 0 radical (unpaired) electrons. The molecule has 0 aromatic heterocycles. The summed E-state index contributed by atoms with van der Waals surface area (Å²) < 4.78 is 5.37. The molecule has 94 valence electrons. The molecule has 1 aliphatic carbocycles. The van der Waals surface area contributed by atoms with Crippen molar-refractivity contribution in [2.75, 3.05) is 45.9 Å². The van der Waals surface area contributed by atoms with Crippen LogP contribution in [0.25, 0.3) is 0 Å². The normalized spacial score (nSPS) is 25.5. The van der Waals surface area contributed by atoms with Gasteiger partial charge in [-0.2, -0.15) is 0 Å². The Kier molecular flexibility index (Phi) is 5.07. The largest absolute Gasteiger partial charge is 0.381 e. The van der Waals surface area contributed by atoms with E-state index in [2.05, 4.69) is 17.1 Å². The third-order valence-corrected chi connectivity index (χ3v) is 3.72. The first-order valence-electron chi connectivity index (χ1n) is 6.89. The Balaban J connectivity index is 1.48. The van der Waals surface area contributed by atoms with Crippen LogP contribution in [0.4, 0.5) is 0 Å². The molecule has 1 unspecified atom stereocenters. The molecule has 2 fully saturated rings. The predicted octanol–water partition coefficient (Wildman–Crippen LogP) is 1.34. The minimum absolute atomic E-state index is 0.763. The lowest BCUT2D eigenvalue weighted by molar-refractivity contribution is 0.185. The Morgan fingerprint density at radius 1 is 1.25 bits per heavy atom. The highest BCUT2D eigenvalue weighted by Gasteiger charge is 2.23. The van der Waals surface area contributed by atoms with E-state index in [0.717, 1.165) is 38.1 Å². The van der Waals surface area contributed by atoms with Crippen LogP contribution in [0, 0.1) is 11.8 Å². The lowest BCUT2D eigenvalue weighted by atomic mass is 10.1. The predicted molar refractivity (Wildman–Crippen MR) is 66.6 cm³/mol. The summed E-state index contributed by atoms with van der Waals surface area (Å²) >= 11 is 0. The Morgan fingerprint density at radius 3 is 2.75 bits per heavy atom. The summed E-state index contributed by atoms with van der Waals surface area (Å²) in [7, 11) is 0. The van der Waals surface area contributed by atoms with Crippen LogP contribution < -0.4 is 5.32 Å². The van der Waals surface area contributed by atoms with Crippen LogP contribution in [0.1, 0.15) is 26.2 Å². The second kappa shape index (κ2) is 6.58. The highest BCUT2D eigenvalue weighted by atomic mass is 16.5. The average Bonchev–Trinajstić information content (AvgIpc) is 2.96. The molecule has 2 aliphatic rings. The van der Waals surface area contributed by atoms with Crippen LogP contribution in [0.2, 0.25) is 0 Å². The maximum Gasteiger partial charge on any atom is 0.0507 e. The van der Waals surface area contributed by atoms with Crippen molar-refractivity contribution in [3.05, 3.63) is 0 Å². The Hall–Kier alpha value is -0.120. The van der Waals surface area contributed by atoms with E-state index in [9.17, 15) is 0 Å². The smallest absolute Gasteiger partial charge is 0.0507 e. The summed E-state index contributed by atoms with van der Waals surface area (Å²) in [4.78, 5) is 2.58. The van der Waals surface area contributed by atoms with E-state index in [0.29, 0.717) is 0 Å². The van der Waals surface area contributed by atoms with Crippen molar-refractivity contribution >= 4 is 0 Å². The second-order valence-electron chi connectivity index (χ2n) is 5.27. The van der Waals surface area contributed by atoms with Gasteiger partial charge in [0.25, 0.3) is 0 Å². The van der Waals surface area contributed by atoms with E-state index in [1.54, 1.807) is 0 Å². The molecule has 0 aromatic carbocycles. The SMILES string of the molecule is CCN(CCNCC1CCOC1)CC1CC1. The van der Waals surface area contributed by atoms with Gasteiger partial charge in [-0.15, -0.1) is 0 Å². The number of ether oxygens (including phenoxy) is 1. The van der Waals surface area contributed by atoms with Gasteiger partial charge in [-0.3, -0.25) is 0 Å². The van der Waals surface area contributed by atoms with Crippen molar-refractivity contribution in [1.29, 1.82) is 0 Å². The molecule has 2 rings (SSSR count). The van der Waals surface area contributed by atoms with Gasteiger partial charge in [0, 0.05) is 32.8 Å². The molecule has 1 saturated heterocycles. The molecule has 1 saturated carbocycles. The highest BCUT2D eigenvalue weighted by molar-refractivity contribution is 4.77.